The van der Waals surface area contributed by atoms with Gasteiger partial charge >= 0.3 is 0 Å². The number of rotatable bonds is 4. The third-order valence-electron chi connectivity index (χ3n) is 2.77. The molecule has 4 heteroatoms. The molecule has 0 aromatic heterocycles. The molecule has 19 heavy (non-hydrogen) atoms. The number of hydrogen-bond donors (Lipinski definition) is 1. The van der Waals surface area contributed by atoms with Crippen molar-refractivity contribution in [2.24, 2.45) is 0 Å². The largest absolute Gasteiger partial charge is 0.378 e. The number of nitrogens with one attached hydrogen (secondary N) is 1. The molecule has 0 fully saturated rings. The van der Waals surface area contributed by atoms with Gasteiger partial charge in [0.05, 0.1) is 6.54 Å². The lowest BCUT2D eigenvalue weighted by atomic mass is 10.1. The molecular formula is C15H13BrFNO. The maximum absolute atomic E-state index is 13.4. The minimum atomic E-state index is -0.353. The third-order valence-corrected chi connectivity index (χ3v) is 3.26. The van der Waals surface area contributed by atoms with E-state index in [1.54, 1.807) is 19.1 Å². The zero-order chi connectivity index (χ0) is 13.8. The lowest BCUT2D eigenvalue weighted by molar-refractivity contribution is 0.101. The van der Waals surface area contributed by atoms with Crippen molar-refractivity contribution in [3.8, 4) is 0 Å². The van der Waals surface area contributed by atoms with Gasteiger partial charge in [0.25, 0.3) is 0 Å². The fourth-order valence-electron chi connectivity index (χ4n) is 1.65. The van der Waals surface area contributed by atoms with Gasteiger partial charge in [0.1, 0.15) is 5.82 Å². The molecule has 0 aliphatic heterocycles. The van der Waals surface area contributed by atoms with Gasteiger partial charge in [-0.3, -0.25) is 4.79 Å². The van der Waals surface area contributed by atoms with Crippen LogP contribution in [0.15, 0.2) is 46.9 Å². The standard InChI is InChI=1S/C15H13BrFNO/c1-10-5-6-11(7-14(10)17)15(19)9-18-13-4-2-3-12(16)8-13/h2-8,18H,9H2,1H3. The SMILES string of the molecule is Cc1ccc(C(=O)CNc2cccc(Br)c2)cc1F. The molecule has 98 valence electrons. The molecule has 2 nitrogen and oxygen atoms in total. The molecule has 0 atom stereocenters. The first kappa shape index (κ1) is 13.7. The average Bonchev–Trinajstić information content (AvgIpc) is 2.39. The van der Waals surface area contributed by atoms with E-state index in [2.05, 4.69) is 21.2 Å². The van der Waals surface area contributed by atoms with Crippen LogP contribution in [0, 0.1) is 12.7 Å². The van der Waals surface area contributed by atoms with Crippen LogP contribution < -0.4 is 5.32 Å². The van der Waals surface area contributed by atoms with E-state index in [-0.39, 0.29) is 18.1 Å². The average molecular weight is 322 g/mol. The second-order valence-electron chi connectivity index (χ2n) is 4.25. The summed E-state index contributed by atoms with van der Waals surface area (Å²) in [6.45, 7) is 1.81. The normalized spacial score (nSPS) is 10.3. The van der Waals surface area contributed by atoms with Crippen molar-refractivity contribution in [1.29, 1.82) is 0 Å². The highest BCUT2D eigenvalue weighted by molar-refractivity contribution is 9.10. The lowest BCUT2D eigenvalue weighted by Gasteiger charge is -2.07. The molecule has 2 aromatic carbocycles. The second-order valence-corrected chi connectivity index (χ2v) is 5.17. The van der Waals surface area contributed by atoms with Gasteiger partial charge in [0, 0.05) is 15.7 Å². The van der Waals surface area contributed by atoms with E-state index in [1.807, 2.05) is 24.3 Å². The van der Waals surface area contributed by atoms with Crippen molar-refractivity contribution in [2.75, 3.05) is 11.9 Å². The van der Waals surface area contributed by atoms with Gasteiger partial charge in [-0.25, -0.2) is 4.39 Å². The topological polar surface area (TPSA) is 29.1 Å². The zero-order valence-corrected chi connectivity index (χ0v) is 12.0. The fraction of sp³-hybridized carbons (Fsp3) is 0.133. The van der Waals surface area contributed by atoms with E-state index >= 15 is 0 Å². The predicted molar refractivity (Wildman–Crippen MR) is 78.1 cm³/mol. The number of carbonyl (C=O) groups excluding carboxylic acids is 1. The van der Waals surface area contributed by atoms with E-state index in [4.69, 9.17) is 0 Å². The van der Waals surface area contributed by atoms with E-state index in [0.717, 1.165) is 10.2 Å². The van der Waals surface area contributed by atoms with Crippen LogP contribution in [-0.2, 0) is 0 Å². The number of carbonyl (C=O) groups is 1. The highest BCUT2D eigenvalue weighted by atomic mass is 79.9. The Balaban J connectivity index is 2.03. The van der Waals surface area contributed by atoms with Crippen LogP contribution in [0.1, 0.15) is 15.9 Å². The Morgan fingerprint density at radius 2 is 2.05 bits per heavy atom. The molecular weight excluding hydrogens is 309 g/mol. The number of benzene rings is 2. The molecule has 0 amide bonds. The maximum atomic E-state index is 13.4. The van der Waals surface area contributed by atoms with E-state index in [9.17, 15) is 9.18 Å². The number of Topliss-reactive ketones (excluding diaryl/α,β-unsaturated/α-hetero) is 1. The van der Waals surface area contributed by atoms with Crippen LogP contribution in [0.25, 0.3) is 0 Å². The summed E-state index contributed by atoms with van der Waals surface area (Å²) in [6.07, 6.45) is 0. The van der Waals surface area contributed by atoms with Crippen LogP contribution in [0.4, 0.5) is 10.1 Å². The molecule has 0 spiro atoms. The molecule has 2 rings (SSSR count). The summed E-state index contributed by atoms with van der Waals surface area (Å²) in [5, 5.41) is 3.02. The van der Waals surface area contributed by atoms with Crippen LogP contribution in [0.5, 0.6) is 0 Å². The first-order chi connectivity index (χ1) is 9.06. The van der Waals surface area contributed by atoms with E-state index in [0.29, 0.717) is 11.1 Å². The lowest BCUT2D eigenvalue weighted by Crippen LogP contribution is -2.14. The monoisotopic (exact) mass is 321 g/mol. The van der Waals surface area contributed by atoms with Crippen LogP contribution in [0.2, 0.25) is 0 Å². The summed E-state index contributed by atoms with van der Waals surface area (Å²) in [6, 6.07) is 12.1. The maximum Gasteiger partial charge on any atom is 0.181 e. The Hall–Kier alpha value is -1.68. The number of anilines is 1. The van der Waals surface area contributed by atoms with Gasteiger partial charge in [0.15, 0.2) is 5.78 Å². The highest BCUT2D eigenvalue weighted by Gasteiger charge is 2.08. The van der Waals surface area contributed by atoms with Gasteiger partial charge < -0.3 is 5.32 Å². The van der Waals surface area contributed by atoms with E-state index in [1.165, 1.54) is 6.07 Å². The molecule has 0 aliphatic carbocycles. The molecule has 0 saturated heterocycles. The molecule has 0 aliphatic rings. The van der Waals surface area contributed by atoms with Crippen LogP contribution >= 0.6 is 15.9 Å². The van der Waals surface area contributed by atoms with Crippen molar-refractivity contribution in [3.05, 3.63) is 63.9 Å². The summed E-state index contributed by atoms with van der Waals surface area (Å²) in [5.41, 5.74) is 1.76. The van der Waals surface area contributed by atoms with Crippen LogP contribution in [0.3, 0.4) is 0 Å². The highest BCUT2D eigenvalue weighted by Crippen LogP contribution is 2.16. The minimum absolute atomic E-state index is 0.138. The second kappa shape index (κ2) is 5.97. The molecule has 0 bridgehead atoms. The van der Waals surface area contributed by atoms with Crippen molar-refractivity contribution < 1.29 is 9.18 Å². The van der Waals surface area contributed by atoms with Gasteiger partial charge in [0.2, 0.25) is 0 Å². The zero-order valence-electron chi connectivity index (χ0n) is 10.4. The quantitative estimate of drug-likeness (QED) is 0.855. The van der Waals surface area contributed by atoms with Gasteiger partial charge in [-0.15, -0.1) is 0 Å². The smallest absolute Gasteiger partial charge is 0.181 e. The first-order valence-electron chi connectivity index (χ1n) is 5.85. The Labute approximate surface area is 119 Å². The number of ketones is 1. The molecule has 0 unspecified atom stereocenters. The molecule has 0 radical (unpaired) electrons. The predicted octanol–water partition coefficient (Wildman–Crippen LogP) is 4.19. The van der Waals surface area contributed by atoms with E-state index < -0.39 is 0 Å². The van der Waals surface area contributed by atoms with Gasteiger partial charge in [-0.1, -0.05) is 34.1 Å². The summed E-state index contributed by atoms with van der Waals surface area (Å²) in [5.74, 6) is -0.493. The summed E-state index contributed by atoms with van der Waals surface area (Å²) < 4.78 is 14.3. The number of hydrogen-bond acceptors (Lipinski definition) is 2. The van der Waals surface area contributed by atoms with Crippen molar-refractivity contribution in [1.82, 2.24) is 0 Å². The minimum Gasteiger partial charge on any atom is -0.378 e. The Morgan fingerprint density at radius 1 is 1.26 bits per heavy atom. The van der Waals surface area contributed by atoms with Crippen molar-refractivity contribution >= 4 is 27.4 Å². The van der Waals surface area contributed by atoms with Gasteiger partial charge in [-0.05, 0) is 36.8 Å². The molecule has 0 saturated carbocycles. The number of aryl methyl sites for hydroxylation is 1. The first-order valence-corrected chi connectivity index (χ1v) is 6.64. The third kappa shape index (κ3) is 3.64. The Bertz CT molecular complexity index is 613. The molecule has 0 heterocycles. The van der Waals surface area contributed by atoms with Crippen molar-refractivity contribution in [3.63, 3.8) is 0 Å². The Kier molecular flexibility index (Phi) is 4.32. The van der Waals surface area contributed by atoms with Crippen molar-refractivity contribution in [2.45, 2.75) is 6.92 Å². The summed E-state index contributed by atoms with van der Waals surface area (Å²) >= 11 is 3.36. The summed E-state index contributed by atoms with van der Waals surface area (Å²) in [4.78, 5) is 11.9. The van der Waals surface area contributed by atoms with Gasteiger partial charge in [-0.2, -0.15) is 0 Å². The molecule has 2 aromatic rings. The summed E-state index contributed by atoms with van der Waals surface area (Å²) in [7, 11) is 0. The molecule has 1 N–H and O–H groups in total. The Morgan fingerprint density at radius 3 is 2.74 bits per heavy atom. The van der Waals surface area contributed by atoms with Crippen LogP contribution in [-0.4, -0.2) is 12.3 Å². The number of halogens is 2. The fourth-order valence-corrected chi connectivity index (χ4v) is 2.05.